The topological polar surface area (TPSA) is 61.8 Å². The average molecular weight is 294 g/mol. The number of anilines is 3. The Morgan fingerprint density at radius 3 is 2.11 bits per heavy atom. The van der Waals surface area contributed by atoms with Gasteiger partial charge in [0.05, 0.1) is 28.0 Å². The Balaban J connectivity index is 0.000000550. The van der Waals surface area contributed by atoms with E-state index in [1.807, 2.05) is 42.5 Å². The van der Waals surface area contributed by atoms with Crippen LogP contribution in [-0.2, 0) is 0 Å². The molecule has 0 fully saturated rings. The Morgan fingerprint density at radius 1 is 1.00 bits per heavy atom. The highest BCUT2D eigenvalue weighted by Gasteiger charge is 2.02. The van der Waals surface area contributed by atoms with E-state index in [1.54, 1.807) is 6.07 Å². The van der Waals surface area contributed by atoms with Crippen LogP contribution < -0.4 is 11.1 Å². The van der Waals surface area contributed by atoms with Crippen molar-refractivity contribution in [2.75, 3.05) is 16.4 Å². The molecule has 0 radical (unpaired) electrons. The van der Waals surface area contributed by atoms with Crippen LogP contribution in [0.4, 0.5) is 17.1 Å². The molecule has 5 heteroatoms. The van der Waals surface area contributed by atoms with Crippen LogP contribution in [0.15, 0.2) is 48.5 Å². The largest absolute Gasteiger partial charge is 0.397 e. The van der Waals surface area contributed by atoms with E-state index >= 15 is 0 Å². The van der Waals surface area contributed by atoms with E-state index in [0.29, 0.717) is 11.3 Å². The summed E-state index contributed by atoms with van der Waals surface area (Å²) >= 11 is 9.53. The molecule has 0 heterocycles. The van der Waals surface area contributed by atoms with Gasteiger partial charge in [-0.15, -0.1) is 23.2 Å². The summed E-state index contributed by atoms with van der Waals surface area (Å²) in [5.74, 6) is 0. The molecule has 0 saturated heterocycles. The predicted octanol–water partition coefficient (Wildman–Crippen LogP) is 4.31. The van der Waals surface area contributed by atoms with Crippen LogP contribution in [0, 0.1) is 11.3 Å². The van der Waals surface area contributed by atoms with Crippen LogP contribution in [0.25, 0.3) is 0 Å². The zero-order chi connectivity index (χ0) is 14.1. The first kappa shape index (κ1) is 15.2. The fourth-order valence-corrected chi connectivity index (χ4v) is 1.45. The molecule has 0 amide bonds. The standard InChI is InChI=1S/C13H11N3.CH2Cl2/c14-9-10-5-1-3-7-12(10)16-13-8-4-2-6-11(13)15;2-1-3/h1-8,16H,15H2;1H2. The number of hydrogen-bond donors (Lipinski definition) is 2. The van der Waals surface area contributed by atoms with Gasteiger partial charge in [0.15, 0.2) is 0 Å². The molecule has 2 rings (SSSR count). The van der Waals surface area contributed by atoms with E-state index in [-0.39, 0.29) is 5.34 Å². The van der Waals surface area contributed by atoms with Gasteiger partial charge in [-0.3, -0.25) is 0 Å². The summed E-state index contributed by atoms with van der Waals surface area (Å²) in [6, 6.07) is 16.9. The fourth-order valence-electron chi connectivity index (χ4n) is 1.45. The Hall–Kier alpha value is -1.89. The van der Waals surface area contributed by atoms with Crippen LogP contribution >= 0.6 is 23.2 Å². The Labute approximate surface area is 122 Å². The van der Waals surface area contributed by atoms with Crippen molar-refractivity contribution in [2.24, 2.45) is 0 Å². The van der Waals surface area contributed by atoms with E-state index in [4.69, 9.17) is 34.2 Å². The highest BCUT2D eigenvalue weighted by atomic mass is 35.5. The van der Waals surface area contributed by atoms with Gasteiger partial charge in [-0.05, 0) is 24.3 Å². The summed E-state index contributed by atoms with van der Waals surface area (Å²) in [5, 5.41) is 12.3. The molecule has 0 bridgehead atoms. The molecule has 0 aromatic heterocycles. The van der Waals surface area contributed by atoms with Gasteiger partial charge in [0.2, 0.25) is 0 Å². The number of para-hydroxylation sites is 3. The molecule has 2 aromatic rings. The van der Waals surface area contributed by atoms with Crippen LogP contribution in [-0.4, -0.2) is 5.34 Å². The van der Waals surface area contributed by atoms with Gasteiger partial charge in [0, 0.05) is 0 Å². The Morgan fingerprint density at radius 2 is 1.53 bits per heavy atom. The van der Waals surface area contributed by atoms with Crippen molar-refractivity contribution in [1.82, 2.24) is 0 Å². The lowest BCUT2D eigenvalue weighted by atomic mass is 10.2. The summed E-state index contributed by atoms with van der Waals surface area (Å²) in [5.41, 5.74) is 8.66. The second kappa shape index (κ2) is 8.25. The monoisotopic (exact) mass is 293 g/mol. The molecule has 0 atom stereocenters. The molecule has 0 saturated carbocycles. The van der Waals surface area contributed by atoms with E-state index in [9.17, 15) is 0 Å². The van der Waals surface area contributed by atoms with Gasteiger partial charge >= 0.3 is 0 Å². The minimum Gasteiger partial charge on any atom is -0.397 e. The van der Waals surface area contributed by atoms with Crippen molar-refractivity contribution in [2.45, 2.75) is 0 Å². The lowest BCUT2D eigenvalue weighted by Gasteiger charge is -2.09. The van der Waals surface area contributed by atoms with E-state index in [1.165, 1.54) is 0 Å². The molecular weight excluding hydrogens is 281 g/mol. The van der Waals surface area contributed by atoms with Crippen molar-refractivity contribution in [3.05, 3.63) is 54.1 Å². The minimum absolute atomic E-state index is 0.194. The minimum atomic E-state index is 0.194. The van der Waals surface area contributed by atoms with E-state index < -0.39 is 0 Å². The molecular formula is C14H13Cl2N3. The Bertz CT molecular complexity index is 565. The van der Waals surface area contributed by atoms with Gasteiger partial charge in [-0.1, -0.05) is 24.3 Å². The quantitative estimate of drug-likeness (QED) is 0.641. The summed E-state index contributed by atoms with van der Waals surface area (Å²) in [7, 11) is 0. The van der Waals surface area contributed by atoms with Crippen molar-refractivity contribution in [3.8, 4) is 6.07 Å². The van der Waals surface area contributed by atoms with Crippen molar-refractivity contribution < 1.29 is 0 Å². The smallest absolute Gasteiger partial charge is 0.101 e. The van der Waals surface area contributed by atoms with Crippen molar-refractivity contribution in [3.63, 3.8) is 0 Å². The number of benzene rings is 2. The lowest BCUT2D eigenvalue weighted by Crippen LogP contribution is -1.97. The summed E-state index contributed by atoms with van der Waals surface area (Å²) in [6.45, 7) is 0. The van der Waals surface area contributed by atoms with E-state index in [0.717, 1.165) is 11.4 Å². The van der Waals surface area contributed by atoms with Crippen LogP contribution in [0.2, 0.25) is 0 Å². The van der Waals surface area contributed by atoms with Gasteiger partial charge in [0.25, 0.3) is 0 Å². The third kappa shape index (κ3) is 4.70. The molecule has 0 spiro atoms. The molecule has 0 aliphatic carbocycles. The van der Waals surface area contributed by atoms with Gasteiger partial charge in [-0.25, -0.2) is 0 Å². The van der Waals surface area contributed by atoms with Crippen LogP contribution in [0.5, 0.6) is 0 Å². The van der Waals surface area contributed by atoms with Gasteiger partial charge in [-0.2, -0.15) is 5.26 Å². The SMILES string of the molecule is ClCCl.N#Cc1ccccc1Nc1ccccc1N. The van der Waals surface area contributed by atoms with Gasteiger partial charge in [0.1, 0.15) is 6.07 Å². The van der Waals surface area contributed by atoms with Gasteiger partial charge < -0.3 is 11.1 Å². The summed E-state index contributed by atoms with van der Waals surface area (Å²) in [4.78, 5) is 0. The zero-order valence-electron chi connectivity index (χ0n) is 10.1. The molecule has 0 aliphatic rings. The van der Waals surface area contributed by atoms with E-state index in [2.05, 4.69) is 11.4 Å². The number of nitrogen functional groups attached to an aromatic ring is 1. The predicted molar refractivity (Wildman–Crippen MR) is 81.9 cm³/mol. The maximum atomic E-state index is 8.94. The average Bonchev–Trinajstić information content (AvgIpc) is 2.43. The third-order valence-corrected chi connectivity index (χ3v) is 2.28. The fraction of sp³-hybridized carbons (Fsp3) is 0.0714. The molecule has 3 nitrogen and oxygen atoms in total. The molecule has 0 unspecified atom stereocenters. The number of rotatable bonds is 2. The maximum Gasteiger partial charge on any atom is 0.101 e. The molecule has 98 valence electrons. The molecule has 19 heavy (non-hydrogen) atoms. The number of nitriles is 1. The third-order valence-electron chi connectivity index (χ3n) is 2.28. The number of nitrogens with zero attached hydrogens (tertiary/aromatic N) is 1. The number of hydrogen-bond acceptors (Lipinski definition) is 3. The maximum absolute atomic E-state index is 8.94. The highest BCUT2D eigenvalue weighted by molar-refractivity contribution is 6.40. The molecule has 0 aliphatic heterocycles. The second-order valence-corrected chi connectivity index (χ2v) is 4.28. The van der Waals surface area contributed by atoms with Crippen LogP contribution in [0.1, 0.15) is 5.56 Å². The van der Waals surface area contributed by atoms with Crippen molar-refractivity contribution in [1.29, 1.82) is 5.26 Å². The first-order valence-electron chi connectivity index (χ1n) is 5.45. The highest BCUT2D eigenvalue weighted by Crippen LogP contribution is 2.24. The Kier molecular flexibility index (Phi) is 6.59. The zero-order valence-corrected chi connectivity index (χ0v) is 11.6. The number of alkyl halides is 2. The van der Waals surface area contributed by atoms with Crippen LogP contribution in [0.3, 0.4) is 0 Å². The molecule has 2 aromatic carbocycles. The second-order valence-electron chi connectivity index (χ2n) is 3.47. The first-order chi connectivity index (χ1) is 9.22. The number of halogens is 2. The number of nitrogens with one attached hydrogen (secondary N) is 1. The lowest BCUT2D eigenvalue weighted by molar-refractivity contribution is 1.46. The van der Waals surface area contributed by atoms with Crippen molar-refractivity contribution >= 4 is 40.3 Å². The molecule has 3 N–H and O–H groups in total. The number of nitrogens with two attached hydrogens (primary N) is 1. The normalized spacial score (nSPS) is 8.89. The summed E-state index contributed by atoms with van der Waals surface area (Å²) < 4.78 is 0. The first-order valence-corrected chi connectivity index (χ1v) is 6.52. The summed E-state index contributed by atoms with van der Waals surface area (Å²) in [6.07, 6.45) is 0.